The number of hydrogen-bond acceptors (Lipinski definition) is 6. The number of rotatable bonds is 6. The predicted molar refractivity (Wildman–Crippen MR) is 138 cm³/mol. The van der Waals surface area contributed by atoms with E-state index in [1.165, 1.54) is 35.4 Å². The van der Waals surface area contributed by atoms with Gasteiger partial charge in [-0.1, -0.05) is 48.5 Å². The Morgan fingerprint density at radius 2 is 0.921 bits per heavy atom. The molecule has 8 nitrogen and oxygen atoms in total. The van der Waals surface area contributed by atoms with Gasteiger partial charge in [-0.15, -0.1) is 0 Å². The molecule has 8 heteroatoms. The molecular weight excluding hydrogens is 484 g/mol. The van der Waals surface area contributed by atoms with Crippen LogP contribution in [-0.4, -0.2) is 59.9 Å². The zero-order valence-corrected chi connectivity index (χ0v) is 20.9. The Kier molecular flexibility index (Phi) is 7.49. The van der Waals surface area contributed by atoms with Crippen molar-refractivity contribution in [1.82, 2.24) is 9.80 Å². The van der Waals surface area contributed by atoms with Crippen molar-refractivity contribution in [3.05, 3.63) is 106 Å². The van der Waals surface area contributed by atoms with Gasteiger partial charge in [0.05, 0.1) is 11.1 Å². The molecule has 0 unspecified atom stereocenters. The Morgan fingerprint density at radius 1 is 0.553 bits per heavy atom. The maximum atomic E-state index is 12.5. The fourth-order valence-corrected chi connectivity index (χ4v) is 4.76. The molecule has 2 aliphatic rings. The Balaban J connectivity index is 1.07. The molecule has 0 aliphatic carbocycles. The van der Waals surface area contributed by atoms with Crippen molar-refractivity contribution in [2.75, 3.05) is 26.3 Å². The second-order valence-electron chi connectivity index (χ2n) is 9.40. The first kappa shape index (κ1) is 25.2. The van der Waals surface area contributed by atoms with E-state index in [1.54, 1.807) is 9.80 Å². The van der Waals surface area contributed by atoms with Gasteiger partial charge in [-0.3, -0.25) is 9.59 Å². The monoisotopic (exact) mass is 512 g/mol. The highest BCUT2D eigenvalue weighted by molar-refractivity contribution is 5.95. The van der Waals surface area contributed by atoms with Crippen LogP contribution >= 0.6 is 0 Å². The summed E-state index contributed by atoms with van der Waals surface area (Å²) in [5.41, 5.74) is 5.08. The Morgan fingerprint density at radius 3 is 1.32 bits per heavy atom. The van der Waals surface area contributed by atoms with Gasteiger partial charge in [0.2, 0.25) is 0 Å². The average molecular weight is 513 g/mol. The SMILES string of the molecule is O=C(OCC(=O)N1CCc2ccccc2C1)c1ccc(C(=O)OCC(=O)N2CCc3ccccc3C2)cc1. The summed E-state index contributed by atoms with van der Waals surface area (Å²) in [4.78, 5) is 53.3. The summed E-state index contributed by atoms with van der Waals surface area (Å²) in [7, 11) is 0. The third kappa shape index (κ3) is 5.75. The Hall–Kier alpha value is -4.46. The van der Waals surface area contributed by atoms with Gasteiger partial charge in [0.25, 0.3) is 11.8 Å². The molecule has 0 bridgehead atoms. The van der Waals surface area contributed by atoms with Crippen molar-refractivity contribution in [2.45, 2.75) is 25.9 Å². The van der Waals surface area contributed by atoms with E-state index < -0.39 is 11.9 Å². The quantitative estimate of drug-likeness (QED) is 0.471. The largest absolute Gasteiger partial charge is 0.452 e. The van der Waals surface area contributed by atoms with Crippen LogP contribution in [0.2, 0.25) is 0 Å². The average Bonchev–Trinajstić information content (AvgIpc) is 2.97. The summed E-state index contributed by atoms with van der Waals surface area (Å²) in [6.45, 7) is 1.45. The Bertz CT molecular complexity index is 1260. The van der Waals surface area contributed by atoms with E-state index in [0.717, 1.165) is 24.0 Å². The highest BCUT2D eigenvalue weighted by Crippen LogP contribution is 2.20. The van der Waals surface area contributed by atoms with Gasteiger partial charge in [-0.25, -0.2) is 9.59 Å². The van der Waals surface area contributed by atoms with Gasteiger partial charge in [-0.2, -0.15) is 0 Å². The maximum Gasteiger partial charge on any atom is 0.338 e. The molecule has 0 saturated heterocycles. The second-order valence-corrected chi connectivity index (χ2v) is 9.40. The number of amides is 2. The van der Waals surface area contributed by atoms with Crippen LogP contribution < -0.4 is 0 Å². The van der Waals surface area contributed by atoms with Crippen molar-refractivity contribution in [3.8, 4) is 0 Å². The van der Waals surface area contributed by atoms with Crippen LogP contribution in [0.3, 0.4) is 0 Å². The van der Waals surface area contributed by atoms with E-state index in [2.05, 4.69) is 12.1 Å². The topological polar surface area (TPSA) is 93.2 Å². The number of nitrogens with zero attached hydrogens (tertiary/aromatic N) is 2. The number of ether oxygens (including phenoxy) is 2. The molecular formula is C30H28N2O6. The van der Waals surface area contributed by atoms with E-state index in [-0.39, 0.29) is 36.2 Å². The van der Waals surface area contributed by atoms with E-state index in [0.29, 0.717) is 26.2 Å². The molecule has 0 radical (unpaired) electrons. The number of carbonyl (C=O) groups excluding carboxylic acids is 4. The minimum Gasteiger partial charge on any atom is -0.452 e. The molecule has 2 amide bonds. The van der Waals surface area contributed by atoms with Crippen molar-refractivity contribution < 1.29 is 28.7 Å². The third-order valence-corrected chi connectivity index (χ3v) is 6.98. The zero-order valence-electron chi connectivity index (χ0n) is 20.9. The van der Waals surface area contributed by atoms with Gasteiger partial charge in [0, 0.05) is 26.2 Å². The van der Waals surface area contributed by atoms with Crippen LogP contribution in [0.4, 0.5) is 0 Å². The fourth-order valence-electron chi connectivity index (χ4n) is 4.76. The second kappa shape index (κ2) is 11.3. The normalized spacial score (nSPS) is 14.2. The molecule has 5 rings (SSSR count). The minimum absolute atomic E-state index is 0.210. The maximum absolute atomic E-state index is 12.5. The molecule has 194 valence electrons. The van der Waals surface area contributed by atoms with Gasteiger partial charge < -0.3 is 19.3 Å². The molecule has 2 heterocycles. The lowest BCUT2D eigenvalue weighted by molar-refractivity contribution is -0.136. The van der Waals surface area contributed by atoms with Crippen molar-refractivity contribution in [1.29, 1.82) is 0 Å². The standard InChI is InChI=1S/C30H28N2O6/c33-27(31-15-13-21-5-1-3-7-25(21)17-31)19-37-29(35)23-9-11-24(12-10-23)30(36)38-20-28(34)32-16-14-22-6-2-4-8-26(22)18-32/h1-12H,13-20H2. The van der Waals surface area contributed by atoms with Crippen LogP contribution in [0.1, 0.15) is 43.0 Å². The molecule has 0 fully saturated rings. The van der Waals surface area contributed by atoms with Gasteiger partial charge in [0.15, 0.2) is 13.2 Å². The predicted octanol–water partition coefficient (Wildman–Crippen LogP) is 3.17. The highest BCUT2D eigenvalue weighted by atomic mass is 16.5. The first-order valence-electron chi connectivity index (χ1n) is 12.6. The van der Waals surface area contributed by atoms with Crippen LogP contribution in [0, 0.1) is 0 Å². The highest BCUT2D eigenvalue weighted by Gasteiger charge is 2.23. The van der Waals surface area contributed by atoms with Gasteiger partial charge >= 0.3 is 11.9 Å². The van der Waals surface area contributed by atoms with Gasteiger partial charge in [0.1, 0.15) is 0 Å². The number of benzene rings is 3. The first-order chi connectivity index (χ1) is 18.5. The summed E-state index contributed by atoms with van der Waals surface area (Å²) in [6, 6.07) is 21.7. The summed E-state index contributed by atoms with van der Waals surface area (Å²) in [5, 5.41) is 0. The van der Waals surface area contributed by atoms with E-state index in [4.69, 9.17) is 9.47 Å². The molecule has 0 N–H and O–H groups in total. The fraction of sp³-hybridized carbons (Fsp3) is 0.267. The number of carbonyl (C=O) groups is 4. The van der Waals surface area contributed by atoms with E-state index in [9.17, 15) is 19.2 Å². The lowest BCUT2D eigenvalue weighted by Gasteiger charge is -2.28. The summed E-state index contributed by atoms with van der Waals surface area (Å²) in [6.07, 6.45) is 1.54. The van der Waals surface area contributed by atoms with E-state index >= 15 is 0 Å². The van der Waals surface area contributed by atoms with Crippen LogP contribution in [0.5, 0.6) is 0 Å². The number of esters is 2. The van der Waals surface area contributed by atoms with E-state index in [1.807, 2.05) is 36.4 Å². The van der Waals surface area contributed by atoms with Crippen molar-refractivity contribution in [3.63, 3.8) is 0 Å². The molecule has 38 heavy (non-hydrogen) atoms. The van der Waals surface area contributed by atoms with Gasteiger partial charge in [-0.05, 0) is 59.4 Å². The first-order valence-corrected chi connectivity index (χ1v) is 12.6. The lowest BCUT2D eigenvalue weighted by atomic mass is 10.00. The molecule has 0 saturated carbocycles. The lowest BCUT2D eigenvalue weighted by Crippen LogP contribution is -2.38. The summed E-state index contributed by atoms with van der Waals surface area (Å²) in [5.74, 6) is -1.82. The van der Waals surface area contributed by atoms with Crippen LogP contribution in [0.25, 0.3) is 0 Å². The molecule has 2 aliphatic heterocycles. The number of hydrogen-bond donors (Lipinski definition) is 0. The van der Waals surface area contributed by atoms with Crippen LogP contribution in [0.15, 0.2) is 72.8 Å². The third-order valence-electron chi connectivity index (χ3n) is 6.98. The van der Waals surface area contributed by atoms with Crippen LogP contribution in [-0.2, 0) is 45.0 Å². The number of fused-ring (bicyclic) bond motifs is 2. The summed E-state index contributed by atoms with van der Waals surface area (Å²) < 4.78 is 10.4. The molecule has 0 aromatic heterocycles. The smallest absolute Gasteiger partial charge is 0.338 e. The molecule has 0 spiro atoms. The molecule has 3 aromatic carbocycles. The molecule has 0 atom stereocenters. The Labute approximate surface area is 220 Å². The molecule has 3 aromatic rings. The summed E-state index contributed by atoms with van der Waals surface area (Å²) >= 11 is 0. The zero-order chi connectivity index (χ0) is 26.5. The van der Waals surface area contributed by atoms with Crippen molar-refractivity contribution in [2.24, 2.45) is 0 Å². The minimum atomic E-state index is -0.656. The van der Waals surface area contributed by atoms with Crippen molar-refractivity contribution >= 4 is 23.8 Å².